The monoisotopic (exact) mass is 249 g/mol. The predicted molar refractivity (Wildman–Crippen MR) is 73.1 cm³/mol. The van der Waals surface area contributed by atoms with E-state index in [1.54, 1.807) is 7.11 Å². The highest BCUT2D eigenvalue weighted by Crippen LogP contribution is 2.35. The first kappa shape index (κ1) is 12.2. The highest BCUT2D eigenvalue weighted by molar-refractivity contribution is 5.91. The van der Waals surface area contributed by atoms with Crippen LogP contribution in [0, 0.1) is 0 Å². The first-order chi connectivity index (χ1) is 7.79. The molecule has 0 heterocycles. The minimum absolute atomic E-state index is 0. The Kier molecular flexibility index (Phi) is 3.27. The van der Waals surface area contributed by atoms with Gasteiger partial charge < -0.3 is 10.5 Å². The van der Waals surface area contributed by atoms with E-state index in [9.17, 15) is 0 Å². The van der Waals surface area contributed by atoms with Crippen LogP contribution >= 0.6 is 12.4 Å². The molecule has 1 aliphatic carbocycles. The predicted octanol–water partition coefficient (Wildman–Crippen LogP) is 2.70. The van der Waals surface area contributed by atoms with E-state index in [0.29, 0.717) is 0 Å². The molecular formula is C14H16ClNO. The summed E-state index contributed by atoms with van der Waals surface area (Å²) in [5, 5.41) is 2.64. The Labute approximate surface area is 107 Å². The quantitative estimate of drug-likeness (QED) is 0.844. The summed E-state index contributed by atoms with van der Waals surface area (Å²) >= 11 is 0. The third kappa shape index (κ3) is 1.88. The van der Waals surface area contributed by atoms with E-state index in [-0.39, 0.29) is 18.4 Å². The van der Waals surface area contributed by atoms with Crippen molar-refractivity contribution in [2.45, 2.75) is 18.9 Å². The van der Waals surface area contributed by atoms with Crippen LogP contribution in [0.1, 0.15) is 11.1 Å². The molecule has 0 spiro atoms. The zero-order valence-corrected chi connectivity index (χ0v) is 10.6. The van der Waals surface area contributed by atoms with Crippen LogP contribution in [0.4, 0.5) is 0 Å². The van der Waals surface area contributed by atoms with Crippen LogP contribution in [-0.4, -0.2) is 13.2 Å². The molecule has 0 amide bonds. The van der Waals surface area contributed by atoms with Crippen molar-refractivity contribution < 1.29 is 4.74 Å². The van der Waals surface area contributed by atoms with Crippen LogP contribution in [0.2, 0.25) is 0 Å². The Bertz CT molecular complexity index is 553. The number of nitrogens with two attached hydrogens (primary N) is 1. The van der Waals surface area contributed by atoms with Gasteiger partial charge in [-0.1, -0.05) is 24.3 Å². The number of halogens is 1. The topological polar surface area (TPSA) is 35.2 Å². The molecule has 17 heavy (non-hydrogen) atoms. The van der Waals surface area contributed by atoms with Crippen LogP contribution in [0.5, 0.6) is 5.75 Å². The molecule has 0 aromatic heterocycles. The van der Waals surface area contributed by atoms with Gasteiger partial charge in [-0.05, 0) is 35.2 Å². The number of hydrogen-bond donors (Lipinski definition) is 1. The summed E-state index contributed by atoms with van der Waals surface area (Å²) in [6.07, 6.45) is 1.88. The molecule has 0 saturated heterocycles. The Hall–Kier alpha value is -1.25. The lowest BCUT2D eigenvalue weighted by atomic mass is 9.85. The van der Waals surface area contributed by atoms with E-state index in [0.717, 1.165) is 18.6 Å². The van der Waals surface area contributed by atoms with Gasteiger partial charge in [0.1, 0.15) is 5.75 Å². The summed E-state index contributed by atoms with van der Waals surface area (Å²) < 4.78 is 5.43. The van der Waals surface area contributed by atoms with Gasteiger partial charge in [-0.3, -0.25) is 0 Å². The molecule has 2 N–H and O–H groups in total. The molecule has 1 unspecified atom stereocenters. The third-order valence-corrected chi connectivity index (χ3v) is 3.36. The Morgan fingerprint density at radius 1 is 1.18 bits per heavy atom. The summed E-state index contributed by atoms with van der Waals surface area (Å²) in [5.74, 6) is 0.968. The van der Waals surface area contributed by atoms with Crippen LogP contribution in [0.15, 0.2) is 30.3 Å². The lowest BCUT2D eigenvalue weighted by Crippen LogP contribution is -2.28. The molecule has 3 rings (SSSR count). The molecule has 0 bridgehead atoms. The minimum atomic E-state index is 0. The first-order valence-corrected chi connectivity index (χ1v) is 5.62. The molecule has 0 aliphatic heterocycles. The molecule has 1 atom stereocenters. The van der Waals surface area contributed by atoms with Gasteiger partial charge in [-0.2, -0.15) is 0 Å². The fraction of sp³-hybridized carbons (Fsp3) is 0.286. The number of ether oxygens (including phenoxy) is 1. The van der Waals surface area contributed by atoms with Gasteiger partial charge >= 0.3 is 0 Å². The number of hydrogen-bond acceptors (Lipinski definition) is 2. The maximum atomic E-state index is 6.09. The van der Waals surface area contributed by atoms with Gasteiger partial charge in [0.2, 0.25) is 0 Å². The van der Waals surface area contributed by atoms with Crippen molar-refractivity contribution in [3.63, 3.8) is 0 Å². The fourth-order valence-corrected chi connectivity index (χ4v) is 2.70. The second-order valence-electron chi connectivity index (χ2n) is 4.43. The SMILES string of the molecule is COc1ccc2cccc3c2c1CC(N)C3.Cl. The van der Waals surface area contributed by atoms with Crippen LogP contribution < -0.4 is 10.5 Å². The second-order valence-corrected chi connectivity index (χ2v) is 4.43. The third-order valence-electron chi connectivity index (χ3n) is 3.36. The van der Waals surface area contributed by atoms with E-state index < -0.39 is 0 Å². The average molecular weight is 250 g/mol. The van der Waals surface area contributed by atoms with Crippen molar-refractivity contribution in [3.05, 3.63) is 41.5 Å². The van der Waals surface area contributed by atoms with Gasteiger partial charge in [0.05, 0.1) is 7.11 Å². The van der Waals surface area contributed by atoms with Crippen molar-refractivity contribution in [2.75, 3.05) is 7.11 Å². The van der Waals surface area contributed by atoms with Gasteiger partial charge in [0.15, 0.2) is 0 Å². The summed E-state index contributed by atoms with van der Waals surface area (Å²) in [6, 6.07) is 10.8. The van der Waals surface area contributed by atoms with Gasteiger partial charge in [-0.25, -0.2) is 0 Å². The van der Waals surface area contributed by atoms with E-state index >= 15 is 0 Å². The standard InChI is InChI=1S/C14H15NO.ClH/c1-16-13-6-5-9-3-2-4-10-7-11(15)8-12(13)14(9)10;/h2-6,11H,7-8,15H2,1H3;1H. The lowest BCUT2D eigenvalue weighted by Gasteiger charge is -2.24. The Morgan fingerprint density at radius 2 is 2.00 bits per heavy atom. The van der Waals surface area contributed by atoms with Gasteiger partial charge in [0.25, 0.3) is 0 Å². The maximum Gasteiger partial charge on any atom is 0.122 e. The molecule has 0 radical (unpaired) electrons. The number of methoxy groups -OCH3 is 1. The Balaban J connectivity index is 0.00000108. The highest BCUT2D eigenvalue weighted by Gasteiger charge is 2.20. The maximum absolute atomic E-state index is 6.09. The van der Waals surface area contributed by atoms with Crippen LogP contribution in [0.3, 0.4) is 0 Å². The summed E-state index contributed by atoms with van der Waals surface area (Å²) in [4.78, 5) is 0. The zero-order valence-electron chi connectivity index (χ0n) is 9.77. The molecule has 1 aliphatic rings. The second kappa shape index (κ2) is 4.55. The number of rotatable bonds is 1. The molecule has 2 nitrogen and oxygen atoms in total. The summed E-state index contributed by atoms with van der Waals surface area (Å²) in [7, 11) is 1.72. The molecule has 2 aromatic rings. The van der Waals surface area contributed by atoms with Crippen LogP contribution in [0.25, 0.3) is 10.8 Å². The van der Waals surface area contributed by atoms with E-state index in [2.05, 4.69) is 24.3 Å². The van der Waals surface area contributed by atoms with Crippen molar-refractivity contribution in [3.8, 4) is 5.75 Å². The molecular weight excluding hydrogens is 234 g/mol. The highest BCUT2D eigenvalue weighted by atomic mass is 35.5. The van der Waals surface area contributed by atoms with Crippen LogP contribution in [-0.2, 0) is 12.8 Å². The fourth-order valence-electron chi connectivity index (χ4n) is 2.70. The molecule has 90 valence electrons. The lowest BCUT2D eigenvalue weighted by molar-refractivity contribution is 0.408. The largest absolute Gasteiger partial charge is 0.496 e. The first-order valence-electron chi connectivity index (χ1n) is 5.62. The molecule has 0 saturated carbocycles. The summed E-state index contributed by atoms with van der Waals surface area (Å²) in [5.41, 5.74) is 8.72. The minimum Gasteiger partial charge on any atom is -0.496 e. The normalized spacial score (nSPS) is 17.6. The average Bonchev–Trinajstić information content (AvgIpc) is 2.29. The zero-order chi connectivity index (χ0) is 11.1. The van der Waals surface area contributed by atoms with Crippen molar-refractivity contribution in [1.82, 2.24) is 0 Å². The smallest absolute Gasteiger partial charge is 0.122 e. The molecule has 3 heteroatoms. The van der Waals surface area contributed by atoms with Crippen molar-refractivity contribution in [2.24, 2.45) is 5.73 Å². The number of benzene rings is 2. The molecule has 0 fully saturated rings. The van der Waals surface area contributed by atoms with Crippen molar-refractivity contribution >= 4 is 23.2 Å². The Morgan fingerprint density at radius 3 is 2.76 bits per heavy atom. The summed E-state index contributed by atoms with van der Waals surface area (Å²) in [6.45, 7) is 0. The van der Waals surface area contributed by atoms with Gasteiger partial charge in [0, 0.05) is 11.6 Å². The van der Waals surface area contributed by atoms with E-state index in [4.69, 9.17) is 10.5 Å². The molecule has 2 aromatic carbocycles. The van der Waals surface area contributed by atoms with Crippen molar-refractivity contribution in [1.29, 1.82) is 0 Å². The van der Waals surface area contributed by atoms with E-state index in [1.807, 2.05) is 6.07 Å². The van der Waals surface area contributed by atoms with Gasteiger partial charge in [-0.15, -0.1) is 12.4 Å². The van der Waals surface area contributed by atoms with E-state index in [1.165, 1.54) is 21.9 Å².